The third-order valence-electron chi connectivity index (χ3n) is 1.73. The highest BCUT2D eigenvalue weighted by Crippen LogP contribution is 2.17. The van der Waals surface area contributed by atoms with Crippen molar-refractivity contribution in [1.82, 2.24) is 4.98 Å². The van der Waals surface area contributed by atoms with Crippen molar-refractivity contribution < 1.29 is 4.79 Å². The summed E-state index contributed by atoms with van der Waals surface area (Å²) in [4.78, 5) is 24.6. The average Bonchev–Trinajstić information content (AvgIpc) is 2.48. The Bertz CT molecular complexity index is 526. The predicted molar refractivity (Wildman–Crippen MR) is 51.0 cm³/mol. The van der Waals surface area contributed by atoms with Crippen LogP contribution in [0.3, 0.4) is 0 Å². The van der Waals surface area contributed by atoms with Crippen molar-refractivity contribution in [2.75, 3.05) is 0 Å². The average molecular weight is 194 g/mol. The molecular formula is C8H6N2O2S. The third kappa shape index (κ3) is 1.23. The summed E-state index contributed by atoms with van der Waals surface area (Å²) in [6, 6.07) is 3.30. The minimum absolute atomic E-state index is 0.00921. The van der Waals surface area contributed by atoms with Crippen LogP contribution in [-0.4, -0.2) is 10.9 Å². The van der Waals surface area contributed by atoms with E-state index in [1.54, 1.807) is 6.07 Å². The highest BCUT2D eigenvalue weighted by Gasteiger charge is 2.07. The summed E-state index contributed by atoms with van der Waals surface area (Å²) in [5.41, 5.74) is 5.33. The number of thiophene rings is 1. The maximum Gasteiger partial charge on any atom is 0.261 e. The van der Waals surface area contributed by atoms with Crippen molar-refractivity contribution in [3.63, 3.8) is 0 Å². The molecule has 2 aromatic heterocycles. The first-order chi connectivity index (χ1) is 6.18. The number of aromatic amines is 1. The number of nitrogens with two attached hydrogens (primary N) is 1. The molecular weight excluding hydrogens is 188 g/mol. The van der Waals surface area contributed by atoms with Crippen molar-refractivity contribution in [1.29, 1.82) is 0 Å². The Morgan fingerprint density at radius 2 is 2.31 bits per heavy atom. The highest BCUT2D eigenvalue weighted by atomic mass is 32.1. The van der Waals surface area contributed by atoms with E-state index in [0.717, 1.165) is 10.2 Å². The fourth-order valence-corrected chi connectivity index (χ4v) is 1.89. The zero-order chi connectivity index (χ0) is 9.42. The smallest absolute Gasteiger partial charge is 0.261 e. The standard InChI is InChI=1S/C8H6N2O2S/c9-7(11)4-3-6-5(1-2-13-6)10-8(4)12/h1-3H,(H2,9,11)(H,10,12). The second-order valence-corrected chi connectivity index (χ2v) is 3.52. The molecule has 0 spiro atoms. The first-order valence-corrected chi connectivity index (χ1v) is 4.47. The normalized spacial score (nSPS) is 10.5. The Morgan fingerprint density at radius 1 is 1.54 bits per heavy atom. The summed E-state index contributed by atoms with van der Waals surface area (Å²) in [7, 11) is 0. The van der Waals surface area contributed by atoms with E-state index in [1.165, 1.54) is 17.4 Å². The topological polar surface area (TPSA) is 76.0 Å². The highest BCUT2D eigenvalue weighted by molar-refractivity contribution is 7.17. The van der Waals surface area contributed by atoms with E-state index in [9.17, 15) is 9.59 Å². The molecule has 13 heavy (non-hydrogen) atoms. The molecule has 0 saturated heterocycles. The molecule has 2 heterocycles. The lowest BCUT2D eigenvalue weighted by Crippen LogP contribution is -2.22. The number of amides is 1. The van der Waals surface area contributed by atoms with E-state index in [-0.39, 0.29) is 5.56 Å². The van der Waals surface area contributed by atoms with E-state index in [2.05, 4.69) is 4.98 Å². The van der Waals surface area contributed by atoms with Gasteiger partial charge in [-0.05, 0) is 17.5 Å². The molecule has 2 rings (SSSR count). The minimum atomic E-state index is -0.698. The molecule has 0 aliphatic carbocycles. The molecule has 0 fully saturated rings. The molecule has 0 bridgehead atoms. The number of H-pyrrole nitrogens is 1. The van der Waals surface area contributed by atoms with Gasteiger partial charge in [0.1, 0.15) is 5.56 Å². The number of carbonyl (C=O) groups is 1. The van der Waals surface area contributed by atoms with Crippen molar-refractivity contribution >= 4 is 27.5 Å². The van der Waals surface area contributed by atoms with Crippen LogP contribution in [0.2, 0.25) is 0 Å². The van der Waals surface area contributed by atoms with Gasteiger partial charge in [0.15, 0.2) is 0 Å². The first kappa shape index (κ1) is 8.00. The van der Waals surface area contributed by atoms with Gasteiger partial charge in [0.25, 0.3) is 11.5 Å². The Labute approximate surface area is 77.0 Å². The van der Waals surface area contributed by atoms with E-state index >= 15 is 0 Å². The van der Waals surface area contributed by atoms with Crippen molar-refractivity contribution in [2.24, 2.45) is 5.73 Å². The molecule has 2 aromatic rings. The van der Waals surface area contributed by atoms with Crippen LogP contribution in [-0.2, 0) is 0 Å². The second-order valence-electron chi connectivity index (χ2n) is 2.57. The molecule has 0 aliphatic rings. The van der Waals surface area contributed by atoms with E-state index < -0.39 is 11.5 Å². The van der Waals surface area contributed by atoms with Crippen LogP contribution >= 0.6 is 11.3 Å². The number of hydrogen-bond donors (Lipinski definition) is 2. The number of hydrogen-bond acceptors (Lipinski definition) is 3. The monoisotopic (exact) mass is 194 g/mol. The van der Waals surface area contributed by atoms with Crippen LogP contribution in [0.5, 0.6) is 0 Å². The van der Waals surface area contributed by atoms with Crippen LogP contribution in [0.1, 0.15) is 10.4 Å². The Hall–Kier alpha value is -1.62. The molecule has 0 atom stereocenters. The summed E-state index contributed by atoms with van der Waals surface area (Å²) < 4.78 is 0.855. The predicted octanol–water partition coefficient (Wildman–Crippen LogP) is 0.688. The van der Waals surface area contributed by atoms with Crippen LogP contribution in [0.4, 0.5) is 0 Å². The van der Waals surface area contributed by atoms with E-state index in [0.29, 0.717) is 0 Å². The molecule has 0 aromatic carbocycles. The largest absolute Gasteiger partial charge is 0.365 e. The van der Waals surface area contributed by atoms with Crippen LogP contribution in [0, 0.1) is 0 Å². The fourth-order valence-electron chi connectivity index (χ4n) is 1.11. The Morgan fingerprint density at radius 3 is 3.00 bits per heavy atom. The molecule has 0 aliphatic heterocycles. The number of pyridine rings is 1. The molecule has 4 nitrogen and oxygen atoms in total. The molecule has 5 heteroatoms. The fraction of sp³-hybridized carbons (Fsp3) is 0. The Kier molecular flexibility index (Phi) is 1.66. The number of carbonyl (C=O) groups excluding carboxylic acids is 1. The summed E-state index contributed by atoms with van der Waals surface area (Å²) in [6.45, 7) is 0. The van der Waals surface area contributed by atoms with Gasteiger partial charge in [-0.2, -0.15) is 0 Å². The van der Waals surface area contributed by atoms with Gasteiger partial charge >= 0.3 is 0 Å². The molecule has 1 amide bonds. The molecule has 0 radical (unpaired) electrons. The third-order valence-corrected chi connectivity index (χ3v) is 2.59. The van der Waals surface area contributed by atoms with Gasteiger partial charge in [0, 0.05) is 0 Å². The SMILES string of the molecule is NC(=O)c1cc2sccc2[nH]c1=O. The van der Waals surface area contributed by atoms with Gasteiger partial charge < -0.3 is 10.7 Å². The van der Waals surface area contributed by atoms with Crippen LogP contribution < -0.4 is 11.3 Å². The van der Waals surface area contributed by atoms with Gasteiger partial charge in [0.2, 0.25) is 0 Å². The molecule has 0 saturated carbocycles. The van der Waals surface area contributed by atoms with Gasteiger partial charge in [-0.3, -0.25) is 9.59 Å². The van der Waals surface area contributed by atoms with E-state index in [4.69, 9.17) is 5.73 Å². The lowest BCUT2D eigenvalue weighted by molar-refractivity contribution is 0.0999. The summed E-state index contributed by atoms with van der Waals surface area (Å²) >= 11 is 1.45. The van der Waals surface area contributed by atoms with Gasteiger partial charge in [-0.15, -0.1) is 11.3 Å². The number of nitrogens with one attached hydrogen (secondary N) is 1. The summed E-state index contributed by atoms with van der Waals surface area (Å²) in [5, 5.41) is 1.84. The van der Waals surface area contributed by atoms with Crippen LogP contribution in [0.15, 0.2) is 22.3 Å². The number of primary amides is 1. The van der Waals surface area contributed by atoms with Gasteiger partial charge in [-0.25, -0.2) is 0 Å². The van der Waals surface area contributed by atoms with E-state index in [1.807, 2.05) is 5.38 Å². The Balaban J connectivity index is 2.84. The van der Waals surface area contributed by atoms with Crippen molar-refractivity contribution in [3.8, 4) is 0 Å². The lowest BCUT2D eigenvalue weighted by atomic mass is 10.2. The van der Waals surface area contributed by atoms with Gasteiger partial charge in [0.05, 0.1) is 10.2 Å². The lowest BCUT2D eigenvalue weighted by Gasteiger charge is -1.93. The summed E-state index contributed by atoms with van der Waals surface area (Å²) in [6.07, 6.45) is 0. The summed E-state index contributed by atoms with van der Waals surface area (Å²) in [5.74, 6) is -0.698. The maximum absolute atomic E-state index is 11.2. The molecule has 66 valence electrons. The number of aromatic nitrogens is 1. The molecule has 3 N–H and O–H groups in total. The van der Waals surface area contributed by atoms with Crippen LogP contribution in [0.25, 0.3) is 10.2 Å². The quantitative estimate of drug-likeness (QED) is 0.700. The van der Waals surface area contributed by atoms with Crippen molar-refractivity contribution in [3.05, 3.63) is 33.4 Å². The zero-order valence-electron chi connectivity index (χ0n) is 6.53. The number of fused-ring (bicyclic) bond motifs is 1. The van der Waals surface area contributed by atoms with Gasteiger partial charge in [-0.1, -0.05) is 0 Å². The zero-order valence-corrected chi connectivity index (χ0v) is 7.35. The molecule has 0 unspecified atom stereocenters. The second kappa shape index (κ2) is 2.70. The maximum atomic E-state index is 11.2. The number of rotatable bonds is 1. The van der Waals surface area contributed by atoms with Crippen molar-refractivity contribution in [2.45, 2.75) is 0 Å². The first-order valence-electron chi connectivity index (χ1n) is 3.59. The minimum Gasteiger partial charge on any atom is -0.365 e.